The lowest BCUT2D eigenvalue weighted by Crippen LogP contribution is -2.61. The SMILES string of the molecule is Cc1ccc2c(c1)c1cc(C(C)(C)C)ccc1n2-c1ccc2c(c1)N(c1ccccc1-c1ccccc1)c1cc(-c3cc(-n4c5ccccc5c5ccccc54)ccc3C#N)cc3c1B2c1ccc(-n2c4ccc(C(C)(C)C)cc4c4cc(C(C)(C)C)ccc42)cc1N3c1ccccc1-c1ccccc1. The van der Waals surface area contributed by atoms with Crippen LogP contribution in [0.1, 0.15) is 90.1 Å². The second-order valence-corrected chi connectivity index (χ2v) is 32.1. The van der Waals surface area contributed by atoms with Crippen molar-refractivity contribution < 1.29 is 0 Å². The minimum Gasteiger partial charge on any atom is -0.311 e. The Hall–Kier alpha value is -12.4. The molecule has 0 saturated heterocycles. The molecular weight excluding hydrogens is 1270 g/mol. The Morgan fingerprint density at radius 3 is 1.10 bits per heavy atom. The first-order chi connectivity index (χ1) is 50.9. The van der Waals surface area contributed by atoms with Gasteiger partial charge in [-0.15, -0.1) is 0 Å². The molecule has 2 aliphatic rings. The molecule has 0 bridgehead atoms. The molecule has 2 aliphatic heterocycles. The van der Waals surface area contributed by atoms with E-state index >= 15 is 0 Å². The lowest BCUT2D eigenvalue weighted by atomic mass is 9.33. The lowest BCUT2D eigenvalue weighted by molar-refractivity contribution is 0.590. The van der Waals surface area contributed by atoms with E-state index < -0.39 is 0 Å². The summed E-state index contributed by atoms with van der Waals surface area (Å²) < 4.78 is 7.39. The maximum atomic E-state index is 11.7. The molecular formula is C98H79BN6. The molecule has 17 aromatic rings. The summed E-state index contributed by atoms with van der Waals surface area (Å²) in [5, 5.41) is 19.1. The van der Waals surface area contributed by atoms with Crippen LogP contribution < -0.4 is 26.2 Å². The van der Waals surface area contributed by atoms with Gasteiger partial charge in [0.15, 0.2) is 0 Å². The minimum atomic E-state index is -0.284. The third-order valence-electron chi connectivity index (χ3n) is 22.6. The molecule has 6 nitrogen and oxygen atoms in total. The van der Waals surface area contributed by atoms with Crippen molar-refractivity contribution in [3.63, 3.8) is 0 Å². The van der Waals surface area contributed by atoms with Gasteiger partial charge in [-0.1, -0.05) is 238 Å². The van der Waals surface area contributed by atoms with Crippen LogP contribution in [0.5, 0.6) is 0 Å². The third-order valence-corrected chi connectivity index (χ3v) is 22.6. The Balaban J connectivity index is 0.957. The van der Waals surface area contributed by atoms with Crippen molar-refractivity contribution in [2.75, 3.05) is 9.80 Å². The number of anilines is 6. The Morgan fingerprint density at radius 2 is 0.657 bits per heavy atom. The van der Waals surface area contributed by atoms with E-state index in [1.54, 1.807) is 0 Å². The summed E-state index contributed by atoms with van der Waals surface area (Å²) in [7, 11) is 0. The average Bonchev–Trinajstić information content (AvgIpc) is 1.30. The number of aryl methyl sites for hydroxylation is 1. The molecule has 5 heterocycles. The van der Waals surface area contributed by atoms with Crippen LogP contribution in [-0.4, -0.2) is 20.4 Å². The molecule has 105 heavy (non-hydrogen) atoms. The van der Waals surface area contributed by atoms with Crippen LogP contribution in [0.4, 0.5) is 34.1 Å². The van der Waals surface area contributed by atoms with E-state index in [1.165, 1.54) is 71.0 Å². The molecule has 19 rings (SSSR count). The Labute approximate surface area is 614 Å². The van der Waals surface area contributed by atoms with Gasteiger partial charge >= 0.3 is 0 Å². The molecule has 0 atom stereocenters. The summed E-state index contributed by atoms with van der Waals surface area (Å²) in [5.41, 5.74) is 31.5. The first-order valence-electron chi connectivity index (χ1n) is 36.9. The zero-order valence-corrected chi connectivity index (χ0v) is 61.1. The average molecular weight is 1350 g/mol. The molecule has 0 saturated carbocycles. The number of rotatable bonds is 8. The quantitative estimate of drug-likeness (QED) is 0.142. The van der Waals surface area contributed by atoms with Gasteiger partial charge < -0.3 is 23.5 Å². The molecule has 0 spiro atoms. The highest BCUT2D eigenvalue weighted by Crippen LogP contribution is 2.52. The summed E-state index contributed by atoms with van der Waals surface area (Å²) in [6.45, 7) is 22.7. The number of hydrogen-bond donors (Lipinski definition) is 0. The van der Waals surface area contributed by atoms with E-state index in [1.807, 2.05) is 6.07 Å². The van der Waals surface area contributed by atoms with Gasteiger partial charge in [0.05, 0.1) is 56.1 Å². The largest absolute Gasteiger partial charge is 0.311 e. The number of aromatic nitrogens is 3. The fourth-order valence-electron chi connectivity index (χ4n) is 17.3. The molecule has 0 aliphatic carbocycles. The second kappa shape index (κ2) is 23.6. The van der Waals surface area contributed by atoms with E-state index in [4.69, 9.17) is 0 Å². The van der Waals surface area contributed by atoms with Crippen LogP contribution in [0, 0.1) is 18.3 Å². The molecule has 0 fully saturated rings. The van der Waals surface area contributed by atoms with Crippen molar-refractivity contribution in [1.82, 2.24) is 13.7 Å². The van der Waals surface area contributed by atoms with Crippen LogP contribution >= 0.6 is 0 Å². The zero-order chi connectivity index (χ0) is 71.5. The normalized spacial score (nSPS) is 13.0. The van der Waals surface area contributed by atoms with Crippen LogP contribution in [-0.2, 0) is 16.2 Å². The fraction of sp³-hybridized carbons (Fsp3) is 0.133. The lowest BCUT2D eigenvalue weighted by Gasteiger charge is -2.45. The van der Waals surface area contributed by atoms with Crippen LogP contribution in [0.3, 0.4) is 0 Å². The van der Waals surface area contributed by atoms with Gasteiger partial charge in [0.2, 0.25) is 0 Å². The summed E-state index contributed by atoms with van der Waals surface area (Å²) in [4.78, 5) is 5.16. The molecule has 14 aromatic carbocycles. The summed E-state index contributed by atoms with van der Waals surface area (Å²) in [6.07, 6.45) is 0. The number of hydrogen-bond acceptors (Lipinski definition) is 3. The van der Waals surface area contributed by atoms with E-state index in [2.05, 4.69) is 390 Å². The number of nitrogens with zero attached hydrogens (tertiary/aromatic N) is 6. The fourth-order valence-corrected chi connectivity index (χ4v) is 17.3. The first kappa shape index (κ1) is 63.5. The minimum absolute atomic E-state index is 0.0532. The molecule has 0 unspecified atom stereocenters. The van der Waals surface area contributed by atoms with Gasteiger partial charge in [0.25, 0.3) is 6.71 Å². The predicted molar refractivity (Wildman–Crippen MR) is 445 cm³/mol. The molecule has 3 aromatic heterocycles. The van der Waals surface area contributed by atoms with Crippen molar-refractivity contribution in [2.45, 2.75) is 85.5 Å². The monoisotopic (exact) mass is 1350 g/mol. The zero-order valence-electron chi connectivity index (χ0n) is 61.1. The maximum absolute atomic E-state index is 11.7. The summed E-state index contributed by atoms with van der Waals surface area (Å²) in [5.74, 6) is 0. The molecule has 0 amide bonds. The van der Waals surface area contributed by atoms with Gasteiger partial charge in [-0.2, -0.15) is 5.26 Å². The Bertz CT molecular complexity index is 6390. The first-order valence-corrected chi connectivity index (χ1v) is 36.9. The van der Waals surface area contributed by atoms with Crippen LogP contribution in [0.15, 0.2) is 297 Å². The highest BCUT2D eigenvalue weighted by molar-refractivity contribution is 7.00. The molecule has 0 N–H and O–H groups in total. The maximum Gasteiger partial charge on any atom is 0.252 e. The van der Waals surface area contributed by atoms with E-state index in [9.17, 15) is 5.26 Å². The van der Waals surface area contributed by atoms with Crippen molar-refractivity contribution in [3.05, 3.63) is 325 Å². The third kappa shape index (κ3) is 10.1. The highest BCUT2D eigenvalue weighted by Gasteiger charge is 2.45. The van der Waals surface area contributed by atoms with Gasteiger partial charge in [0.1, 0.15) is 0 Å². The van der Waals surface area contributed by atoms with Crippen molar-refractivity contribution in [2.24, 2.45) is 0 Å². The molecule has 504 valence electrons. The smallest absolute Gasteiger partial charge is 0.252 e. The van der Waals surface area contributed by atoms with Gasteiger partial charge in [0, 0.05) is 88.8 Å². The van der Waals surface area contributed by atoms with E-state index in [0.29, 0.717) is 5.56 Å². The van der Waals surface area contributed by atoms with Gasteiger partial charge in [-0.25, -0.2) is 0 Å². The highest BCUT2D eigenvalue weighted by atomic mass is 15.2. The van der Waals surface area contributed by atoms with Gasteiger partial charge in [-0.05, 0) is 200 Å². The summed E-state index contributed by atoms with van der Waals surface area (Å²) >= 11 is 0. The summed E-state index contributed by atoms with van der Waals surface area (Å²) in [6, 6.07) is 114. The number of para-hydroxylation sites is 4. The van der Waals surface area contributed by atoms with E-state index in [-0.39, 0.29) is 23.0 Å². The molecule has 7 heteroatoms. The molecule has 0 radical (unpaired) electrons. The topological polar surface area (TPSA) is 45.1 Å². The number of benzene rings is 14. The standard InChI is InChI=1S/C98H79BN6/c1-61-37-47-87-77(51-61)78-54-66(96(2,3)4)39-48-88(78)102(87)70-43-45-81-91(58-70)104(83-33-21-17-29-72(83)62-25-13-11-14-26-62)93-52-65(76-57-69(42-38-64(76)60-100)101-85-35-23-19-31-74(85)75-32-20-24-36-86(75)101)53-94-95(93)99(81)82-46-44-71(59-92(82)105(94)84-34-22-18-30-73(84)63-27-15-12-16-28-63)103-89-49-40-67(97(5,6)7)55-79(89)80-56-68(98(8,9)10)41-50-90(80)103/h11-59H,1-10H3. The Morgan fingerprint density at radius 1 is 0.286 bits per heavy atom. The second-order valence-electron chi connectivity index (χ2n) is 32.1. The van der Waals surface area contributed by atoms with Crippen LogP contribution in [0.2, 0.25) is 0 Å². The van der Waals surface area contributed by atoms with Crippen molar-refractivity contribution >= 4 is 123 Å². The van der Waals surface area contributed by atoms with Crippen molar-refractivity contribution in [3.8, 4) is 56.5 Å². The van der Waals surface area contributed by atoms with Crippen molar-refractivity contribution in [1.29, 1.82) is 5.26 Å². The van der Waals surface area contributed by atoms with Gasteiger partial charge in [-0.3, -0.25) is 0 Å². The number of fused-ring (bicyclic) bond motifs is 13. The Kier molecular flexibility index (Phi) is 14.3. The number of nitriles is 1. The van der Waals surface area contributed by atoms with Crippen LogP contribution in [0.25, 0.3) is 116 Å². The van der Waals surface area contributed by atoms with E-state index in [0.717, 1.165) is 118 Å². The predicted octanol–water partition coefficient (Wildman–Crippen LogP) is 24.1.